The Morgan fingerprint density at radius 3 is 2.39 bits per heavy atom. The summed E-state index contributed by atoms with van der Waals surface area (Å²) in [4.78, 5) is 12.4. The van der Waals surface area contributed by atoms with Crippen LogP contribution in [0.4, 0.5) is 10.1 Å². The summed E-state index contributed by atoms with van der Waals surface area (Å²) < 4.78 is 24.6. The van der Waals surface area contributed by atoms with Crippen LogP contribution in [0.15, 0.2) is 40.9 Å². The molecule has 2 rings (SSSR count). The van der Waals surface area contributed by atoms with Crippen LogP contribution < -0.4 is 14.8 Å². The number of carbonyl (C=O) groups is 1. The van der Waals surface area contributed by atoms with Crippen LogP contribution in [0.1, 0.15) is 24.2 Å². The lowest BCUT2D eigenvalue weighted by Gasteiger charge is -2.14. The van der Waals surface area contributed by atoms with E-state index in [0.717, 1.165) is 0 Å². The van der Waals surface area contributed by atoms with Crippen LogP contribution in [0, 0.1) is 5.82 Å². The molecule has 23 heavy (non-hydrogen) atoms. The summed E-state index contributed by atoms with van der Waals surface area (Å²) in [5.41, 5.74) is 0.924. The molecule has 0 aliphatic heterocycles. The van der Waals surface area contributed by atoms with Gasteiger partial charge in [-0.3, -0.25) is 4.79 Å². The fourth-order valence-corrected chi connectivity index (χ4v) is 2.54. The summed E-state index contributed by atoms with van der Waals surface area (Å²) in [7, 11) is 0. The minimum atomic E-state index is -0.356. The SMILES string of the molecule is CCOc1cc(C(=O)Nc2ccc(F)cc2)cc(Br)c1OCC. The van der Waals surface area contributed by atoms with Crippen molar-refractivity contribution < 1.29 is 18.7 Å². The van der Waals surface area contributed by atoms with Crippen molar-refractivity contribution in [3.05, 3.63) is 52.3 Å². The second-order valence-corrected chi connectivity index (χ2v) is 5.47. The summed E-state index contributed by atoms with van der Waals surface area (Å²) in [5.74, 6) is 0.382. The average molecular weight is 382 g/mol. The monoisotopic (exact) mass is 381 g/mol. The zero-order valence-corrected chi connectivity index (χ0v) is 14.4. The van der Waals surface area contributed by atoms with E-state index in [9.17, 15) is 9.18 Å². The molecule has 0 aromatic heterocycles. The van der Waals surface area contributed by atoms with Gasteiger partial charge in [-0.15, -0.1) is 0 Å². The third-order valence-electron chi connectivity index (χ3n) is 2.96. The molecular weight excluding hydrogens is 365 g/mol. The fourth-order valence-electron chi connectivity index (χ4n) is 1.98. The highest BCUT2D eigenvalue weighted by atomic mass is 79.9. The Bertz CT molecular complexity index is 689. The van der Waals surface area contributed by atoms with E-state index in [-0.39, 0.29) is 11.7 Å². The minimum Gasteiger partial charge on any atom is -0.490 e. The van der Waals surface area contributed by atoms with Gasteiger partial charge in [0.15, 0.2) is 11.5 Å². The molecule has 0 spiro atoms. The number of amides is 1. The van der Waals surface area contributed by atoms with E-state index < -0.39 is 0 Å². The molecule has 1 N–H and O–H groups in total. The number of benzene rings is 2. The van der Waals surface area contributed by atoms with Crippen molar-refractivity contribution in [1.82, 2.24) is 0 Å². The molecule has 0 aliphatic rings. The maximum absolute atomic E-state index is 12.9. The molecular formula is C17H17BrFNO3. The van der Waals surface area contributed by atoms with E-state index in [2.05, 4.69) is 21.2 Å². The van der Waals surface area contributed by atoms with Crippen LogP contribution in [-0.4, -0.2) is 19.1 Å². The molecule has 0 bridgehead atoms. The Kier molecular flexibility index (Phi) is 5.98. The molecule has 0 fully saturated rings. The third-order valence-corrected chi connectivity index (χ3v) is 3.55. The zero-order valence-electron chi connectivity index (χ0n) is 12.9. The van der Waals surface area contributed by atoms with Crippen LogP contribution in [0.25, 0.3) is 0 Å². The van der Waals surface area contributed by atoms with E-state index >= 15 is 0 Å². The lowest BCUT2D eigenvalue weighted by molar-refractivity contribution is 0.102. The topological polar surface area (TPSA) is 47.6 Å². The second kappa shape index (κ2) is 7.97. The molecule has 0 radical (unpaired) electrons. The maximum atomic E-state index is 12.9. The second-order valence-electron chi connectivity index (χ2n) is 4.61. The maximum Gasteiger partial charge on any atom is 0.255 e. The first-order valence-corrected chi connectivity index (χ1v) is 8.00. The Balaban J connectivity index is 2.27. The van der Waals surface area contributed by atoms with Crippen molar-refractivity contribution in [3.63, 3.8) is 0 Å². The normalized spacial score (nSPS) is 10.3. The fraction of sp³-hybridized carbons (Fsp3) is 0.235. The van der Waals surface area contributed by atoms with Gasteiger partial charge in [0.05, 0.1) is 17.7 Å². The molecule has 0 atom stereocenters. The van der Waals surface area contributed by atoms with Gasteiger partial charge in [-0.2, -0.15) is 0 Å². The predicted molar refractivity (Wildman–Crippen MR) is 90.8 cm³/mol. The van der Waals surface area contributed by atoms with Gasteiger partial charge in [0.25, 0.3) is 5.91 Å². The first kappa shape index (κ1) is 17.3. The van der Waals surface area contributed by atoms with Crippen LogP contribution in [0.5, 0.6) is 11.5 Å². The van der Waals surface area contributed by atoms with Crippen molar-refractivity contribution in [2.75, 3.05) is 18.5 Å². The molecule has 6 heteroatoms. The van der Waals surface area contributed by atoms with Gasteiger partial charge in [-0.05, 0) is 66.2 Å². The highest BCUT2D eigenvalue weighted by Gasteiger charge is 2.16. The number of carbonyl (C=O) groups excluding carboxylic acids is 1. The van der Waals surface area contributed by atoms with Crippen molar-refractivity contribution in [3.8, 4) is 11.5 Å². The lowest BCUT2D eigenvalue weighted by atomic mass is 10.1. The molecule has 0 unspecified atom stereocenters. The first-order chi connectivity index (χ1) is 11.0. The molecule has 0 aliphatic carbocycles. The van der Waals surface area contributed by atoms with E-state index in [1.807, 2.05) is 13.8 Å². The number of nitrogens with one attached hydrogen (secondary N) is 1. The Morgan fingerprint density at radius 1 is 1.13 bits per heavy atom. The van der Waals surface area contributed by atoms with Crippen molar-refractivity contribution >= 4 is 27.5 Å². The van der Waals surface area contributed by atoms with Gasteiger partial charge in [-0.1, -0.05) is 0 Å². The van der Waals surface area contributed by atoms with Crippen molar-refractivity contribution in [1.29, 1.82) is 0 Å². The largest absolute Gasteiger partial charge is 0.490 e. The van der Waals surface area contributed by atoms with Gasteiger partial charge in [0, 0.05) is 11.3 Å². The van der Waals surface area contributed by atoms with Crippen LogP contribution >= 0.6 is 15.9 Å². The smallest absolute Gasteiger partial charge is 0.255 e. The number of hydrogen-bond acceptors (Lipinski definition) is 3. The van der Waals surface area contributed by atoms with Gasteiger partial charge >= 0.3 is 0 Å². The standard InChI is InChI=1S/C17H17BrFNO3/c1-3-22-15-10-11(9-14(18)16(15)23-4-2)17(21)20-13-7-5-12(19)6-8-13/h5-10H,3-4H2,1-2H3,(H,20,21). The molecule has 0 saturated carbocycles. The Morgan fingerprint density at radius 2 is 1.78 bits per heavy atom. The Labute approximate surface area is 142 Å². The van der Waals surface area contributed by atoms with Crippen molar-refractivity contribution in [2.45, 2.75) is 13.8 Å². The predicted octanol–water partition coefficient (Wildman–Crippen LogP) is 4.64. The molecule has 122 valence electrons. The lowest BCUT2D eigenvalue weighted by Crippen LogP contribution is -2.12. The molecule has 0 heterocycles. The summed E-state index contributed by atoms with van der Waals surface area (Å²) in [6, 6.07) is 8.86. The molecule has 1 amide bonds. The van der Waals surface area contributed by atoms with Gasteiger partial charge in [0.1, 0.15) is 5.82 Å². The van der Waals surface area contributed by atoms with Gasteiger partial charge < -0.3 is 14.8 Å². The molecule has 0 saturated heterocycles. The number of ether oxygens (including phenoxy) is 2. The summed E-state index contributed by atoms with van der Waals surface area (Å²) >= 11 is 3.40. The van der Waals surface area contributed by atoms with Gasteiger partial charge in [0.2, 0.25) is 0 Å². The number of halogens is 2. The van der Waals surface area contributed by atoms with E-state index in [1.54, 1.807) is 12.1 Å². The first-order valence-electron chi connectivity index (χ1n) is 7.21. The van der Waals surface area contributed by atoms with Crippen LogP contribution in [0.3, 0.4) is 0 Å². The summed E-state index contributed by atoms with van der Waals surface area (Å²) in [5, 5.41) is 2.71. The molecule has 4 nitrogen and oxygen atoms in total. The third kappa shape index (κ3) is 4.45. The van der Waals surface area contributed by atoms with E-state index in [0.29, 0.717) is 40.4 Å². The number of hydrogen-bond donors (Lipinski definition) is 1. The minimum absolute atomic E-state index is 0.318. The zero-order chi connectivity index (χ0) is 16.8. The van der Waals surface area contributed by atoms with E-state index in [4.69, 9.17) is 9.47 Å². The van der Waals surface area contributed by atoms with Crippen molar-refractivity contribution in [2.24, 2.45) is 0 Å². The summed E-state index contributed by atoms with van der Waals surface area (Å²) in [6.07, 6.45) is 0. The number of rotatable bonds is 6. The average Bonchev–Trinajstić information content (AvgIpc) is 2.53. The van der Waals surface area contributed by atoms with E-state index in [1.165, 1.54) is 24.3 Å². The van der Waals surface area contributed by atoms with Crippen LogP contribution in [0.2, 0.25) is 0 Å². The van der Waals surface area contributed by atoms with Crippen LogP contribution in [-0.2, 0) is 0 Å². The highest BCUT2D eigenvalue weighted by molar-refractivity contribution is 9.10. The number of anilines is 1. The Hall–Kier alpha value is -2.08. The summed E-state index contributed by atoms with van der Waals surface area (Å²) in [6.45, 7) is 4.67. The molecule has 2 aromatic carbocycles. The molecule has 2 aromatic rings. The van der Waals surface area contributed by atoms with Gasteiger partial charge in [-0.25, -0.2) is 4.39 Å². The quantitative estimate of drug-likeness (QED) is 0.792. The highest BCUT2D eigenvalue weighted by Crippen LogP contribution is 2.37.